The molecule has 0 spiro atoms. The fourth-order valence-electron chi connectivity index (χ4n) is 1.65. The summed E-state index contributed by atoms with van der Waals surface area (Å²) >= 11 is 0. The molecule has 1 amide bonds. The predicted octanol–water partition coefficient (Wildman–Crippen LogP) is 2.28. The molecule has 0 bridgehead atoms. The van der Waals surface area contributed by atoms with Gasteiger partial charge in [0, 0.05) is 5.69 Å². The van der Waals surface area contributed by atoms with E-state index in [1.165, 1.54) is 0 Å². The maximum Gasteiger partial charge on any atom is 0.229 e. The predicted molar refractivity (Wildman–Crippen MR) is 69.4 cm³/mol. The van der Waals surface area contributed by atoms with Crippen LogP contribution >= 0.6 is 0 Å². The van der Waals surface area contributed by atoms with Gasteiger partial charge in [-0.05, 0) is 36.8 Å². The Morgan fingerprint density at radius 1 is 1.28 bits per heavy atom. The van der Waals surface area contributed by atoms with Crippen LogP contribution in [0.2, 0.25) is 0 Å². The monoisotopic (exact) mass is 242 g/mol. The number of hydrogen-bond acceptors (Lipinski definition) is 3. The highest BCUT2D eigenvalue weighted by Gasteiger charge is 2.05. The van der Waals surface area contributed by atoms with Gasteiger partial charge in [0.25, 0.3) is 0 Å². The normalized spacial score (nSPS) is 10.1. The Labute approximate surface area is 105 Å². The number of carbonyl (C=O) groups excluding carboxylic acids is 1. The van der Waals surface area contributed by atoms with Gasteiger partial charge in [-0.2, -0.15) is 0 Å². The van der Waals surface area contributed by atoms with Crippen LogP contribution in [0.4, 0.5) is 5.82 Å². The molecule has 2 N–H and O–H groups in total. The highest BCUT2D eigenvalue weighted by Crippen LogP contribution is 2.12. The number of rotatable bonds is 3. The van der Waals surface area contributed by atoms with Crippen molar-refractivity contribution in [3.63, 3.8) is 0 Å². The molecule has 92 valence electrons. The SMILES string of the molecule is Cc1cccc(NC(=O)Cc2cccc(O)c2)n1. The number of benzene rings is 1. The van der Waals surface area contributed by atoms with E-state index in [9.17, 15) is 9.90 Å². The van der Waals surface area contributed by atoms with Crippen LogP contribution in [0.3, 0.4) is 0 Å². The number of phenolic OH excluding ortho intramolecular Hbond substituents is 1. The van der Waals surface area contributed by atoms with Crippen LogP contribution in [0.15, 0.2) is 42.5 Å². The van der Waals surface area contributed by atoms with Crippen molar-refractivity contribution in [3.8, 4) is 5.75 Å². The second-order valence-corrected chi connectivity index (χ2v) is 4.06. The van der Waals surface area contributed by atoms with Gasteiger partial charge in [0.05, 0.1) is 6.42 Å². The van der Waals surface area contributed by atoms with Crippen LogP contribution in [0.25, 0.3) is 0 Å². The minimum Gasteiger partial charge on any atom is -0.508 e. The number of amides is 1. The summed E-state index contributed by atoms with van der Waals surface area (Å²) in [5.74, 6) is 0.549. The third-order valence-electron chi connectivity index (χ3n) is 2.43. The van der Waals surface area contributed by atoms with Crippen molar-refractivity contribution in [1.82, 2.24) is 4.98 Å². The molecule has 0 aliphatic carbocycles. The van der Waals surface area contributed by atoms with E-state index in [0.29, 0.717) is 5.82 Å². The molecule has 0 aliphatic rings. The van der Waals surface area contributed by atoms with Crippen molar-refractivity contribution in [2.75, 3.05) is 5.32 Å². The smallest absolute Gasteiger partial charge is 0.229 e. The molecule has 0 saturated carbocycles. The fourth-order valence-corrected chi connectivity index (χ4v) is 1.65. The van der Waals surface area contributed by atoms with Crippen LogP contribution in [-0.4, -0.2) is 16.0 Å². The van der Waals surface area contributed by atoms with Crippen LogP contribution in [0.5, 0.6) is 5.75 Å². The summed E-state index contributed by atoms with van der Waals surface area (Å²) in [5.41, 5.74) is 1.62. The number of carbonyl (C=O) groups is 1. The molecule has 4 nitrogen and oxygen atoms in total. The lowest BCUT2D eigenvalue weighted by atomic mass is 10.1. The molecule has 4 heteroatoms. The number of nitrogens with zero attached hydrogens (tertiary/aromatic N) is 1. The number of phenols is 1. The first-order valence-corrected chi connectivity index (χ1v) is 5.65. The van der Waals surface area contributed by atoms with E-state index in [4.69, 9.17) is 0 Å². The van der Waals surface area contributed by atoms with Crippen molar-refractivity contribution in [2.24, 2.45) is 0 Å². The first-order chi connectivity index (χ1) is 8.63. The largest absolute Gasteiger partial charge is 0.508 e. The van der Waals surface area contributed by atoms with Crippen molar-refractivity contribution in [2.45, 2.75) is 13.3 Å². The Morgan fingerprint density at radius 2 is 2.06 bits per heavy atom. The van der Waals surface area contributed by atoms with E-state index < -0.39 is 0 Å². The highest BCUT2D eigenvalue weighted by molar-refractivity contribution is 5.91. The lowest BCUT2D eigenvalue weighted by Gasteiger charge is -2.05. The average Bonchev–Trinajstić information content (AvgIpc) is 2.28. The van der Waals surface area contributed by atoms with Crippen LogP contribution < -0.4 is 5.32 Å². The number of hydrogen-bond donors (Lipinski definition) is 2. The summed E-state index contributed by atoms with van der Waals surface area (Å²) in [7, 11) is 0. The van der Waals surface area contributed by atoms with E-state index in [1.54, 1.807) is 30.3 Å². The molecular formula is C14H14N2O2. The minimum absolute atomic E-state index is 0.154. The van der Waals surface area contributed by atoms with Crippen molar-refractivity contribution >= 4 is 11.7 Å². The zero-order chi connectivity index (χ0) is 13.0. The molecule has 18 heavy (non-hydrogen) atoms. The van der Waals surface area contributed by atoms with Crippen molar-refractivity contribution < 1.29 is 9.90 Å². The summed E-state index contributed by atoms with van der Waals surface area (Å²) in [6.07, 6.45) is 0.212. The molecule has 0 aliphatic heterocycles. The quantitative estimate of drug-likeness (QED) is 0.868. The Bertz CT molecular complexity index is 518. The molecule has 0 unspecified atom stereocenters. The first-order valence-electron chi connectivity index (χ1n) is 5.65. The maximum atomic E-state index is 11.8. The fraction of sp³-hybridized carbons (Fsp3) is 0.143. The molecule has 0 fully saturated rings. The van der Waals surface area contributed by atoms with E-state index in [2.05, 4.69) is 10.3 Å². The van der Waals surface area contributed by atoms with E-state index >= 15 is 0 Å². The zero-order valence-electron chi connectivity index (χ0n) is 10.1. The second-order valence-electron chi connectivity index (χ2n) is 4.06. The molecule has 0 radical (unpaired) electrons. The van der Waals surface area contributed by atoms with Gasteiger partial charge in [-0.15, -0.1) is 0 Å². The van der Waals surface area contributed by atoms with Crippen LogP contribution in [0, 0.1) is 6.92 Å². The Balaban J connectivity index is 2.01. The molecule has 1 aromatic carbocycles. The Kier molecular flexibility index (Phi) is 3.57. The van der Waals surface area contributed by atoms with E-state index in [0.717, 1.165) is 11.3 Å². The number of aryl methyl sites for hydroxylation is 1. The minimum atomic E-state index is -0.154. The Hall–Kier alpha value is -2.36. The number of pyridine rings is 1. The van der Waals surface area contributed by atoms with E-state index in [-0.39, 0.29) is 18.1 Å². The summed E-state index contributed by atoms with van der Waals surface area (Å²) < 4.78 is 0. The van der Waals surface area contributed by atoms with Crippen molar-refractivity contribution in [1.29, 1.82) is 0 Å². The topological polar surface area (TPSA) is 62.2 Å². The van der Waals surface area contributed by atoms with Gasteiger partial charge in [-0.25, -0.2) is 4.98 Å². The highest BCUT2D eigenvalue weighted by atomic mass is 16.3. The van der Waals surface area contributed by atoms with Gasteiger partial charge in [-0.1, -0.05) is 18.2 Å². The van der Waals surface area contributed by atoms with Gasteiger partial charge in [0.1, 0.15) is 11.6 Å². The number of aromatic hydroxyl groups is 1. The molecule has 2 rings (SSSR count). The summed E-state index contributed by atoms with van der Waals surface area (Å²) in [5, 5.41) is 12.0. The molecule has 1 aromatic heterocycles. The molecule has 0 saturated heterocycles. The lowest BCUT2D eigenvalue weighted by Crippen LogP contribution is -2.15. The van der Waals surface area contributed by atoms with Gasteiger partial charge >= 0.3 is 0 Å². The standard InChI is InChI=1S/C14H14N2O2/c1-10-4-2-7-13(15-10)16-14(18)9-11-5-3-6-12(17)8-11/h2-8,17H,9H2,1H3,(H,15,16,18). The third kappa shape index (κ3) is 3.31. The zero-order valence-corrected chi connectivity index (χ0v) is 10.1. The average molecular weight is 242 g/mol. The maximum absolute atomic E-state index is 11.8. The number of anilines is 1. The summed E-state index contributed by atoms with van der Waals surface area (Å²) in [4.78, 5) is 16.0. The van der Waals surface area contributed by atoms with Gasteiger partial charge in [0.2, 0.25) is 5.91 Å². The van der Waals surface area contributed by atoms with E-state index in [1.807, 2.05) is 19.1 Å². The number of nitrogens with one attached hydrogen (secondary N) is 1. The summed E-state index contributed by atoms with van der Waals surface area (Å²) in [6, 6.07) is 12.1. The lowest BCUT2D eigenvalue weighted by molar-refractivity contribution is -0.115. The number of aromatic nitrogens is 1. The van der Waals surface area contributed by atoms with Crippen LogP contribution in [0.1, 0.15) is 11.3 Å². The second kappa shape index (κ2) is 5.31. The summed E-state index contributed by atoms with van der Waals surface area (Å²) in [6.45, 7) is 1.87. The first kappa shape index (κ1) is 12.1. The van der Waals surface area contributed by atoms with Crippen molar-refractivity contribution in [3.05, 3.63) is 53.7 Å². The molecule has 2 aromatic rings. The van der Waals surface area contributed by atoms with Crippen LogP contribution in [-0.2, 0) is 11.2 Å². The molecular weight excluding hydrogens is 228 g/mol. The van der Waals surface area contributed by atoms with Gasteiger partial charge < -0.3 is 10.4 Å². The van der Waals surface area contributed by atoms with Gasteiger partial charge in [-0.3, -0.25) is 4.79 Å². The Morgan fingerprint density at radius 3 is 2.78 bits per heavy atom. The molecule has 0 atom stereocenters. The molecule has 1 heterocycles. The third-order valence-corrected chi connectivity index (χ3v) is 2.43. The van der Waals surface area contributed by atoms with Gasteiger partial charge in [0.15, 0.2) is 0 Å².